The van der Waals surface area contributed by atoms with E-state index in [1.807, 2.05) is 0 Å². The van der Waals surface area contributed by atoms with Gasteiger partial charge in [0.25, 0.3) is 0 Å². The molecule has 18 heavy (non-hydrogen) atoms. The first-order valence-corrected chi connectivity index (χ1v) is 5.08. The summed E-state index contributed by atoms with van der Waals surface area (Å²) in [7, 11) is 1.42. The lowest BCUT2D eigenvalue weighted by atomic mass is 10.1. The predicted octanol–water partition coefficient (Wildman–Crippen LogP) is 2.02. The van der Waals surface area contributed by atoms with Crippen molar-refractivity contribution in [2.75, 3.05) is 13.9 Å². The highest BCUT2D eigenvalue weighted by Crippen LogP contribution is 2.17. The summed E-state index contributed by atoms with van der Waals surface area (Å²) >= 11 is 0. The molecule has 1 aromatic rings. The van der Waals surface area contributed by atoms with Gasteiger partial charge in [-0.1, -0.05) is 0 Å². The molecule has 0 radical (unpaired) electrons. The van der Waals surface area contributed by atoms with E-state index < -0.39 is 17.5 Å². The highest BCUT2D eigenvalue weighted by atomic mass is 19.1. The molecule has 1 amide bonds. The van der Waals surface area contributed by atoms with Crippen LogP contribution in [0.3, 0.4) is 0 Å². The first-order chi connectivity index (χ1) is 8.54. The average molecular weight is 257 g/mol. The Morgan fingerprint density at radius 3 is 2.72 bits per heavy atom. The minimum absolute atomic E-state index is 0.0303. The van der Waals surface area contributed by atoms with E-state index >= 15 is 0 Å². The van der Waals surface area contributed by atoms with Crippen molar-refractivity contribution >= 4 is 11.6 Å². The average Bonchev–Trinajstić information content (AvgIpc) is 2.27. The van der Waals surface area contributed by atoms with Gasteiger partial charge in [0.1, 0.15) is 17.9 Å². The van der Waals surface area contributed by atoms with Crippen LogP contribution in [-0.2, 0) is 14.3 Å². The van der Waals surface area contributed by atoms with Crippen LogP contribution in [0.25, 0.3) is 5.70 Å². The fourth-order valence-corrected chi connectivity index (χ4v) is 1.24. The van der Waals surface area contributed by atoms with Crippen molar-refractivity contribution in [2.24, 2.45) is 0 Å². The third kappa shape index (κ3) is 4.14. The number of halogens is 2. The van der Waals surface area contributed by atoms with Crippen LogP contribution in [0.5, 0.6) is 0 Å². The number of rotatable bonds is 5. The summed E-state index contributed by atoms with van der Waals surface area (Å²) in [4.78, 5) is 11.0. The Hall–Kier alpha value is -1.95. The maximum absolute atomic E-state index is 13.5. The monoisotopic (exact) mass is 257 g/mol. The number of hydrogen-bond acceptors (Lipinski definition) is 3. The molecule has 0 atom stereocenters. The smallest absolute Gasteiger partial charge is 0.221 e. The van der Waals surface area contributed by atoms with Gasteiger partial charge in [-0.05, 0) is 12.1 Å². The quantitative estimate of drug-likeness (QED) is 0.498. The zero-order valence-corrected chi connectivity index (χ0v) is 10.00. The van der Waals surface area contributed by atoms with Gasteiger partial charge in [-0.2, -0.15) is 0 Å². The number of methoxy groups -OCH3 is 1. The highest BCUT2D eigenvalue weighted by Gasteiger charge is 2.10. The van der Waals surface area contributed by atoms with E-state index in [1.54, 1.807) is 0 Å². The summed E-state index contributed by atoms with van der Waals surface area (Å²) in [6.07, 6.45) is 1.14. The molecule has 0 spiro atoms. The Balaban J connectivity index is 3.01. The summed E-state index contributed by atoms with van der Waals surface area (Å²) in [5.74, 6) is -1.89. The molecular formula is C12H13F2NO3. The minimum Gasteiger partial charge on any atom is -0.473 e. The molecule has 0 aliphatic rings. The summed E-state index contributed by atoms with van der Waals surface area (Å²) in [5, 5.41) is 2.39. The van der Waals surface area contributed by atoms with Crippen molar-refractivity contribution in [2.45, 2.75) is 6.92 Å². The van der Waals surface area contributed by atoms with Crippen LogP contribution in [0.15, 0.2) is 24.5 Å². The van der Waals surface area contributed by atoms with Gasteiger partial charge in [0.15, 0.2) is 6.79 Å². The molecule has 0 heterocycles. The maximum Gasteiger partial charge on any atom is 0.221 e. The lowest BCUT2D eigenvalue weighted by Crippen LogP contribution is -2.19. The van der Waals surface area contributed by atoms with Crippen LogP contribution < -0.4 is 5.32 Å². The molecule has 1 rings (SSSR count). The highest BCUT2D eigenvalue weighted by molar-refractivity contribution is 5.84. The fourth-order valence-electron chi connectivity index (χ4n) is 1.24. The largest absolute Gasteiger partial charge is 0.473 e. The standard InChI is InChI=1S/C12H13F2NO3/c1-8(16)15-12(6-18-7-17-2)10-4-3-9(13)5-11(10)14/h3-6H,7H2,1-2H3,(H,15,16). The molecule has 0 aliphatic carbocycles. The second kappa shape index (κ2) is 6.70. The first kappa shape index (κ1) is 14.1. The number of nitrogens with one attached hydrogen (secondary N) is 1. The van der Waals surface area contributed by atoms with E-state index in [-0.39, 0.29) is 18.1 Å². The lowest BCUT2D eigenvalue weighted by Gasteiger charge is -2.10. The first-order valence-electron chi connectivity index (χ1n) is 5.08. The molecule has 0 fully saturated rings. The summed E-state index contributed by atoms with van der Waals surface area (Å²) in [6, 6.07) is 3.02. The minimum atomic E-state index is -0.795. The molecule has 0 unspecified atom stereocenters. The van der Waals surface area contributed by atoms with Gasteiger partial charge in [-0.3, -0.25) is 4.79 Å². The Kier molecular flexibility index (Phi) is 5.26. The summed E-state index contributed by atoms with van der Waals surface area (Å²) < 4.78 is 35.9. The molecule has 0 aliphatic heterocycles. The lowest BCUT2D eigenvalue weighted by molar-refractivity contribution is -0.117. The van der Waals surface area contributed by atoms with Gasteiger partial charge in [0, 0.05) is 25.7 Å². The molecule has 0 saturated carbocycles. The topological polar surface area (TPSA) is 47.6 Å². The van der Waals surface area contributed by atoms with Crippen LogP contribution in [-0.4, -0.2) is 19.8 Å². The van der Waals surface area contributed by atoms with Crippen molar-refractivity contribution in [3.05, 3.63) is 41.7 Å². The Morgan fingerprint density at radius 1 is 1.44 bits per heavy atom. The fraction of sp³-hybridized carbons (Fsp3) is 0.250. The zero-order chi connectivity index (χ0) is 13.5. The van der Waals surface area contributed by atoms with Crippen LogP contribution >= 0.6 is 0 Å². The zero-order valence-electron chi connectivity index (χ0n) is 10.00. The van der Waals surface area contributed by atoms with Crippen LogP contribution in [0, 0.1) is 11.6 Å². The second-order valence-corrected chi connectivity index (χ2v) is 3.41. The van der Waals surface area contributed by atoms with E-state index in [1.165, 1.54) is 20.1 Å². The van der Waals surface area contributed by atoms with Gasteiger partial charge in [0.2, 0.25) is 5.91 Å². The van der Waals surface area contributed by atoms with Crippen LogP contribution in [0.4, 0.5) is 8.78 Å². The van der Waals surface area contributed by atoms with Gasteiger partial charge >= 0.3 is 0 Å². The van der Waals surface area contributed by atoms with E-state index in [9.17, 15) is 13.6 Å². The van der Waals surface area contributed by atoms with Crippen molar-refractivity contribution in [1.29, 1.82) is 0 Å². The SMILES string of the molecule is COCOC=C(NC(C)=O)c1ccc(F)cc1F. The van der Waals surface area contributed by atoms with E-state index in [4.69, 9.17) is 4.74 Å². The second-order valence-electron chi connectivity index (χ2n) is 3.41. The van der Waals surface area contributed by atoms with Crippen molar-refractivity contribution < 1.29 is 23.0 Å². The molecule has 0 saturated heterocycles. The number of carbonyl (C=O) groups excluding carboxylic acids is 1. The van der Waals surface area contributed by atoms with Crippen molar-refractivity contribution in [1.82, 2.24) is 5.32 Å². The van der Waals surface area contributed by atoms with Crippen molar-refractivity contribution in [3.63, 3.8) is 0 Å². The third-order valence-electron chi connectivity index (χ3n) is 1.92. The van der Waals surface area contributed by atoms with E-state index in [0.717, 1.165) is 18.4 Å². The van der Waals surface area contributed by atoms with Gasteiger partial charge in [0.05, 0.1) is 5.70 Å². The van der Waals surface area contributed by atoms with Crippen LogP contribution in [0.1, 0.15) is 12.5 Å². The van der Waals surface area contributed by atoms with E-state index in [2.05, 4.69) is 10.1 Å². The number of amides is 1. The molecule has 98 valence electrons. The molecular weight excluding hydrogens is 244 g/mol. The molecule has 6 heteroatoms. The molecule has 0 bridgehead atoms. The molecule has 1 aromatic carbocycles. The Morgan fingerprint density at radius 2 is 2.17 bits per heavy atom. The molecule has 4 nitrogen and oxygen atoms in total. The van der Waals surface area contributed by atoms with Gasteiger partial charge in [-0.15, -0.1) is 0 Å². The number of hydrogen-bond donors (Lipinski definition) is 1. The number of carbonyl (C=O) groups is 1. The van der Waals surface area contributed by atoms with Gasteiger partial charge < -0.3 is 14.8 Å². The number of benzene rings is 1. The van der Waals surface area contributed by atoms with Crippen LogP contribution in [0.2, 0.25) is 0 Å². The summed E-state index contributed by atoms with van der Waals surface area (Å²) in [6.45, 7) is 1.22. The number of ether oxygens (including phenoxy) is 2. The molecule has 1 N–H and O–H groups in total. The van der Waals surface area contributed by atoms with Crippen molar-refractivity contribution in [3.8, 4) is 0 Å². The third-order valence-corrected chi connectivity index (χ3v) is 1.92. The Labute approximate surface area is 103 Å². The van der Waals surface area contributed by atoms with Gasteiger partial charge in [-0.25, -0.2) is 8.78 Å². The molecule has 0 aromatic heterocycles. The predicted molar refractivity (Wildman–Crippen MR) is 61.1 cm³/mol. The van der Waals surface area contributed by atoms with E-state index in [0.29, 0.717) is 0 Å². The summed E-state index contributed by atoms with van der Waals surface area (Å²) in [5.41, 5.74) is 0.125. The Bertz CT molecular complexity index is 461. The normalized spacial score (nSPS) is 11.2. The maximum atomic E-state index is 13.5.